The van der Waals surface area contributed by atoms with E-state index in [1.54, 1.807) is 0 Å². The number of hydrogen-bond donors (Lipinski definition) is 1. The quantitative estimate of drug-likeness (QED) is 0.901. The molecule has 0 radical (unpaired) electrons. The van der Waals surface area contributed by atoms with Crippen molar-refractivity contribution >= 4 is 24.0 Å². The first-order valence-corrected chi connectivity index (χ1v) is 7.47. The SMILES string of the molecule is Cc1ccc(C)c(N2CCN(C(=O)C3CNC3)CC2)c1.Cl. The Hall–Kier alpha value is -1.26. The molecule has 1 aromatic carbocycles. The lowest BCUT2D eigenvalue weighted by atomic mass is 10.0. The van der Waals surface area contributed by atoms with E-state index in [0.29, 0.717) is 5.91 Å². The highest BCUT2D eigenvalue weighted by Crippen LogP contribution is 2.23. The zero-order valence-electron chi connectivity index (χ0n) is 12.8. The molecule has 116 valence electrons. The van der Waals surface area contributed by atoms with Crippen molar-refractivity contribution in [2.75, 3.05) is 44.2 Å². The fourth-order valence-electron chi connectivity index (χ4n) is 2.95. The molecule has 5 heteroatoms. The molecule has 4 nitrogen and oxygen atoms in total. The number of nitrogens with one attached hydrogen (secondary N) is 1. The van der Waals surface area contributed by atoms with Gasteiger partial charge in [0.25, 0.3) is 0 Å². The highest BCUT2D eigenvalue weighted by Gasteiger charge is 2.31. The van der Waals surface area contributed by atoms with Crippen LogP contribution in [0.3, 0.4) is 0 Å². The molecule has 0 atom stereocenters. The van der Waals surface area contributed by atoms with E-state index in [2.05, 4.69) is 42.3 Å². The zero-order valence-corrected chi connectivity index (χ0v) is 13.6. The summed E-state index contributed by atoms with van der Waals surface area (Å²) in [5, 5.41) is 3.17. The van der Waals surface area contributed by atoms with Gasteiger partial charge in [0.1, 0.15) is 0 Å². The molecule has 0 aliphatic carbocycles. The van der Waals surface area contributed by atoms with E-state index in [0.717, 1.165) is 39.3 Å². The van der Waals surface area contributed by atoms with Crippen LogP contribution < -0.4 is 10.2 Å². The molecule has 0 aromatic heterocycles. The van der Waals surface area contributed by atoms with Gasteiger partial charge in [-0.05, 0) is 31.0 Å². The zero-order chi connectivity index (χ0) is 14.1. The molecule has 0 spiro atoms. The van der Waals surface area contributed by atoms with Crippen molar-refractivity contribution in [3.8, 4) is 0 Å². The Labute approximate surface area is 132 Å². The number of piperazine rings is 1. The molecule has 2 fully saturated rings. The van der Waals surface area contributed by atoms with Crippen LogP contribution in [-0.4, -0.2) is 50.1 Å². The van der Waals surface area contributed by atoms with E-state index in [1.807, 2.05) is 4.90 Å². The van der Waals surface area contributed by atoms with Gasteiger partial charge in [0.2, 0.25) is 5.91 Å². The molecule has 0 unspecified atom stereocenters. The highest BCUT2D eigenvalue weighted by molar-refractivity contribution is 5.85. The Balaban J connectivity index is 0.00000161. The lowest BCUT2D eigenvalue weighted by molar-refractivity contribution is -0.137. The predicted octanol–water partition coefficient (Wildman–Crippen LogP) is 1.59. The van der Waals surface area contributed by atoms with Gasteiger partial charge in [0.15, 0.2) is 0 Å². The van der Waals surface area contributed by atoms with Gasteiger partial charge in [-0.1, -0.05) is 12.1 Å². The molecule has 1 N–H and O–H groups in total. The maximum atomic E-state index is 12.2. The summed E-state index contributed by atoms with van der Waals surface area (Å²) in [7, 11) is 0. The lowest BCUT2D eigenvalue weighted by Crippen LogP contribution is -2.56. The largest absolute Gasteiger partial charge is 0.368 e. The first-order chi connectivity index (χ1) is 9.65. The number of aryl methyl sites for hydroxylation is 2. The maximum Gasteiger partial charge on any atom is 0.228 e. The Morgan fingerprint density at radius 2 is 1.81 bits per heavy atom. The summed E-state index contributed by atoms with van der Waals surface area (Å²) in [4.78, 5) is 16.7. The number of anilines is 1. The number of carbonyl (C=O) groups is 1. The highest BCUT2D eigenvalue weighted by atomic mass is 35.5. The molecule has 2 aliphatic rings. The Bertz CT molecular complexity index is 508. The van der Waals surface area contributed by atoms with Crippen LogP contribution in [0.1, 0.15) is 11.1 Å². The number of rotatable bonds is 2. The van der Waals surface area contributed by atoms with E-state index in [1.165, 1.54) is 16.8 Å². The summed E-state index contributed by atoms with van der Waals surface area (Å²) in [6, 6.07) is 6.59. The number of carbonyl (C=O) groups excluding carboxylic acids is 1. The third kappa shape index (κ3) is 3.33. The third-order valence-electron chi connectivity index (χ3n) is 4.43. The average molecular weight is 310 g/mol. The van der Waals surface area contributed by atoms with Crippen LogP contribution in [0.2, 0.25) is 0 Å². The Kier molecular flexibility index (Phi) is 5.12. The predicted molar refractivity (Wildman–Crippen MR) is 88.3 cm³/mol. The molecule has 2 saturated heterocycles. The number of hydrogen-bond acceptors (Lipinski definition) is 3. The van der Waals surface area contributed by atoms with Crippen molar-refractivity contribution in [2.45, 2.75) is 13.8 Å². The van der Waals surface area contributed by atoms with Gasteiger partial charge < -0.3 is 15.1 Å². The summed E-state index contributed by atoms with van der Waals surface area (Å²) in [6.45, 7) is 9.59. The van der Waals surface area contributed by atoms with Crippen LogP contribution in [0.4, 0.5) is 5.69 Å². The van der Waals surface area contributed by atoms with E-state index in [-0.39, 0.29) is 18.3 Å². The van der Waals surface area contributed by atoms with Gasteiger partial charge in [-0.25, -0.2) is 0 Å². The van der Waals surface area contributed by atoms with E-state index < -0.39 is 0 Å². The molecule has 3 rings (SSSR count). The summed E-state index contributed by atoms with van der Waals surface area (Å²) < 4.78 is 0. The number of amides is 1. The molecular formula is C16H24ClN3O. The summed E-state index contributed by atoms with van der Waals surface area (Å²) in [5.74, 6) is 0.562. The van der Waals surface area contributed by atoms with Crippen LogP contribution in [0, 0.1) is 19.8 Å². The second-order valence-corrected chi connectivity index (χ2v) is 5.96. The smallest absolute Gasteiger partial charge is 0.228 e. The summed E-state index contributed by atoms with van der Waals surface area (Å²) in [5.41, 5.74) is 3.94. The number of nitrogens with zero attached hydrogens (tertiary/aromatic N) is 2. The second-order valence-electron chi connectivity index (χ2n) is 5.96. The van der Waals surface area contributed by atoms with Crippen molar-refractivity contribution in [1.29, 1.82) is 0 Å². The van der Waals surface area contributed by atoms with Crippen molar-refractivity contribution in [1.82, 2.24) is 10.2 Å². The van der Waals surface area contributed by atoms with E-state index in [4.69, 9.17) is 0 Å². The standard InChI is InChI=1S/C16H23N3O.ClH/c1-12-3-4-13(2)15(9-12)18-5-7-19(8-6-18)16(20)14-10-17-11-14;/h3-4,9,14,17H,5-8,10-11H2,1-2H3;1H. The summed E-state index contributed by atoms with van der Waals surface area (Å²) in [6.07, 6.45) is 0. The minimum Gasteiger partial charge on any atom is -0.368 e. The second kappa shape index (κ2) is 6.67. The lowest BCUT2D eigenvalue weighted by Gasteiger charge is -2.39. The topological polar surface area (TPSA) is 35.6 Å². The fraction of sp³-hybridized carbons (Fsp3) is 0.562. The first kappa shape index (κ1) is 16.1. The van der Waals surface area contributed by atoms with Gasteiger partial charge >= 0.3 is 0 Å². The molecule has 2 heterocycles. The van der Waals surface area contributed by atoms with E-state index >= 15 is 0 Å². The van der Waals surface area contributed by atoms with Crippen molar-refractivity contribution in [3.05, 3.63) is 29.3 Å². The van der Waals surface area contributed by atoms with Gasteiger partial charge in [0, 0.05) is 45.0 Å². The molecule has 1 amide bonds. The Morgan fingerprint density at radius 3 is 2.38 bits per heavy atom. The van der Waals surface area contributed by atoms with Crippen LogP contribution in [0.5, 0.6) is 0 Å². The molecule has 1 aromatic rings. The van der Waals surface area contributed by atoms with Crippen molar-refractivity contribution in [2.24, 2.45) is 5.92 Å². The van der Waals surface area contributed by atoms with Crippen LogP contribution in [-0.2, 0) is 4.79 Å². The van der Waals surface area contributed by atoms with E-state index in [9.17, 15) is 4.79 Å². The minimum atomic E-state index is 0. The van der Waals surface area contributed by atoms with Gasteiger partial charge in [-0.2, -0.15) is 0 Å². The third-order valence-corrected chi connectivity index (χ3v) is 4.43. The summed E-state index contributed by atoms with van der Waals surface area (Å²) >= 11 is 0. The molecule has 2 aliphatic heterocycles. The van der Waals surface area contributed by atoms with Gasteiger partial charge in [0.05, 0.1) is 5.92 Å². The Morgan fingerprint density at radius 1 is 1.14 bits per heavy atom. The van der Waals surface area contributed by atoms with Crippen LogP contribution >= 0.6 is 12.4 Å². The maximum absolute atomic E-state index is 12.2. The molecule has 21 heavy (non-hydrogen) atoms. The first-order valence-electron chi connectivity index (χ1n) is 7.47. The normalized spacial score (nSPS) is 19.0. The number of benzene rings is 1. The number of halogens is 1. The minimum absolute atomic E-state index is 0. The van der Waals surface area contributed by atoms with Gasteiger partial charge in [-0.3, -0.25) is 4.79 Å². The van der Waals surface area contributed by atoms with Crippen LogP contribution in [0.15, 0.2) is 18.2 Å². The van der Waals surface area contributed by atoms with Crippen molar-refractivity contribution < 1.29 is 4.79 Å². The molecule has 0 saturated carbocycles. The fourth-order valence-corrected chi connectivity index (χ4v) is 2.95. The average Bonchev–Trinajstić information content (AvgIpc) is 2.40. The molecular weight excluding hydrogens is 286 g/mol. The molecule has 0 bridgehead atoms. The van der Waals surface area contributed by atoms with Crippen molar-refractivity contribution in [3.63, 3.8) is 0 Å². The van der Waals surface area contributed by atoms with Gasteiger partial charge in [-0.15, -0.1) is 12.4 Å². The van der Waals surface area contributed by atoms with Crippen LogP contribution in [0.25, 0.3) is 0 Å². The monoisotopic (exact) mass is 309 g/mol.